The third kappa shape index (κ3) is 4.08. The van der Waals surface area contributed by atoms with Crippen molar-refractivity contribution in [3.8, 4) is 23.0 Å². The molecule has 46 heavy (non-hydrogen) atoms. The maximum atomic E-state index is 12.9. The Kier molecular flexibility index (Phi) is 6.80. The highest BCUT2D eigenvalue weighted by atomic mass is 16.8. The van der Waals surface area contributed by atoms with Crippen LogP contribution in [0, 0.1) is 11.3 Å². The van der Waals surface area contributed by atoms with Gasteiger partial charge in [-0.05, 0) is 49.7 Å². The molecule has 16 heteroatoms. The molecule has 2 aromatic carbocycles. The first-order valence-electron chi connectivity index (χ1n) is 14.5. The van der Waals surface area contributed by atoms with E-state index in [9.17, 15) is 50.4 Å². The second-order valence-electron chi connectivity index (χ2n) is 12.7. The number of carbonyl (C=O) groups excluding carboxylic acids is 2. The number of benzene rings is 2. The molecule has 8 N–H and O–H groups in total. The summed E-state index contributed by atoms with van der Waals surface area (Å²) in [5.41, 5.74) is -4.07. The average Bonchev–Trinajstić information content (AvgIpc) is 3.20. The Morgan fingerprint density at radius 1 is 0.891 bits per heavy atom. The van der Waals surface area contributed by atoms with Gasteiger partial charge in [0, 0.05) is 12.3 Å². The van der Waals surface area contributed by atoms with E-state index in [4.69, 9.17) is 28.4 Å². The lowest BCUT2D eigenvalue weighted by Gasteiger charge is -2.67. The van der Waals surface area contributed by atoms with E-state index in [2.05, 4.69) is 0 Å². The van der Waals surface area contributed by atoms with Gasteiger partial charge in [0.25, 0.3) is 0 Å². The zero-order chi connectivity index (χ0) is 33.0. The molecule has 7 fully saturated rings. The minimum atomic E-state index is -1.83. The Labute approximate surface area is 259 Å². The largest absolute Gasteiger partial charge is 0.508 e. The molecule has 3 aliphatic carbocycles. The highest BCUT2D eigenvalue weighted by molar-refractivity contribution is 5.91. The summed E-state index contributed by atoms with van der Waals surface area (Å²) in [5, 5.41) is 82.1. The highest BCUT2D eigenvalue weighted by Crippen LogP contribution is 2.81. The van der Waals surface area contributed by atoms with Crippen LogP contribution >= 0.6 is 0 Å². The van der Waals surface area contributed by atoms with Crippen LogP contribution in [0.1, 0.15) is 40.5 Å². The summed E-state index contributed by atoms with van der Waals surface area (Å²) in [6, 6.07) is 7.10. The van der Waals surface area contributed by atoms with Crippen LogP contribution in [0.25, 0.3) is 0 Å². The van der Waals surface area contributed by atoms with Crippen LogP contribution in [-0.2, 0) is 28.4 Å². The molecule has 0 spiro atoms. The second kappa shape index (κ2) is 10.1. The zero-order valence-corrected chi connectivity index (χ0v) is 24.2. The molecule has 4 saturated heterocycles. The first-order chi connectivity index (χ1) is 21.6. The average molecular weight is 649 g/mol. The molecule has 0 radical (unpaired) electrons. The van der Waals surface area contributed by atoms with Crippen molar-refractivity contribution in [2.45, 2.75) is 73.8 Å². The minimum Gasteiger partial charge on any atom is -0.508 e. The van der Waals surface area contributed by atoms with Gasteiger partial charge in [0.1, 0.15) is 54.6 Å². The van der Waals surface area contributed by atoms with E-state index >= 15 is 0 Å². The van der Waals surface area contributed by atoms with E-state index in [-0.39, 0.29) is 36.3 Å². The van der Waals surface area contributed by atoms with Crippen molar-refractivity contribution < 1.29 is 78.9 Å². The van der Waals surface area contributed by atoms with Gasteiger partial charge in [-0.25, -0.2) is 9.59 Å². The Hall–Kier alpha value is -3.74. The van der Waals surface area contributed by atoms with Gasteiger partial charge in [-0.3, -0.25) is 0 Å². The summed E-state index contributed by atoms with van der Waals surface area (Å²) in [4.78, 5) is 25.5. The van der Waals surface area contributed by atoms with Crippen LogP contribution < -0.4 is 0 Å². The number of ether oxygens (including phenoxy) is 6. The Morgan fingerprint density at radius 2 is 1.54 bits per heavy atom. The fourth-order valence-electron chi connectivity index (χ4n) is 7.85. The van der Waals surface area contributed by atoms with Gasteiger partial charge in [-0.2, -0.15) is 0 Å². The predicted molar refractivity (Wildman–Crippen MR) is 145 cm³/mol. The quantitative estimate of drug-likeness (QED) is 0.130. The third-order valence-corrected chi connectivity index (χ3v) is 10.2. The molecule has 0 amide bonds. The number of rotatable bonds is 8. The number of hydrogen-bond donors (Lipinski definition) is 8. The van der Waals surface area contributed by atoms with Crippen molar-refractivity contribution in [1.29, 1.82) is 0 Å². The van der Waals surface area contributed by atoms with Crippen LogP contribution in [0.2, 0.25) is 0 Å². The number of aromatic hydroxyl groups is 4. The maximum Gasteiger partial charge on any atom is 0.338 e. The molecule has 4 aliphatic heterocycles. The predicted octanol–water partition coefficient (Wildman–Crippen LogP) is -0.670. The molecule has 7 aliphatic rings. The van der Waals surface area contributed by atoms with Gasteiger partial charge in [-0.15, -0.1) is 0 Å². The fourth-order valence-corrected chi connectivity index (χ4v) is 7.85. The van der Waals surface area contributed by atoms with Crippen LogP contribution in [-0.4, -0.2) is 120 Å². The van der Waals surface area contributed by atoms with Crippen molar-refractivity contribution in [2.24, 2.45) is 11.3 Å². The second-order valence-corrected chi connectivity index (χ2v) is 12.7. The van der Waals surface area contributed by atoms with Crippen molar-refractivity contribution in [3.05, 3.63) is 47.5 Å². The first kappa shape index (κ1) is 30.9. The highest BCUT2D eigenvalue weighted by Gasteiger charge is 2.94. The molecule has 248 valence electrons. The lowest BCUT2D eigenvalue weighted by atomic mass is 9.41. The number of esters is 2. The van der Waals surface area contributed by atoms with Gasteiger partial charge >= 0.3 is 11.9 Å². The topological polar surface area (TPSA) is 251 Å². The van der Waals surface area contributed by atoms with E-state index in [0.29, 0.717) is 0 Å². The van der Waals surface area contributed by atoms with Crippen molar-refractivity contribution >= 4 is 11.9 Å². The summed E-state index contributed by atoms with van der Waals surface area (Å²) in [5.74, 6) is -6.46. The molecule has 11 unspecified atom stereocenters. The van der Waals surface area contributed by atoms with Crippen molar-refractivity contribution in [2.75, 3.05) is 13.2 Å². The molecule has 9 rings (SSSR count). The summed E-state index contributed by atoms with van der Waals surface area (Å²) in [6.07, 6.45) is -9.43. The molecular weight excluding hydrogens is 616 g/mol. The third-order valence-electron chi connectivity index (χ3n) is 10.2. The zero-order valence-electron chi connectivity index (χ0n) is 24.2. The fraction of sp³-hybridized carbons (Fsp3) is 0.533. The number of hydrogen-bond acceptors (Lipinski definition) is 16. The van der Waals surface area contributed by atoms with E-state index in [1.165, 1.54) is 24.3 Å². The molecule has 6 bridgehead atoms. The minimum absolute atomic E-state index is 0.0316. The van der Waals surface area contributed by atoms with Crippen LogP contribution in [0.3, 0.4) is 0 Å². The SMILES string of the molecule is CC12CC3(O)OC(O1)C1(COC(=O)c4ccc(O)cc4)C3CC21OC1OC(COC(=O)c2cc(O)c(O)c(O)c2)C(O)C(O)C1O. The molecular formula is C30H32O16. The number of aliphatic hydroxyl groups is 4. The Bertz CT molecular complexity index is 1560. The number of phenolic OH excluding ortho intramolecular Hbond substituents is 4. The van der Waals surface area contributed by atoms with E-state index < -0.39 is 101 Å². The summed E-state index contributed by atoms with van der Waals surface area (Å²) < 4.78 is 35.2. The molecule has 0 aromatic heterocycles. The lowest BCUT2D eigenvalue weighted by molar-refractivity contribution is -0.424. The van der Waals surface area contributed by atoms with E-state index in [1.807, 2.05) is 0 Å². The summed E-state index contributed by atoms with van der Waals surface area (Å²) in [6.45, 7) is 0.673. The Morgan fingerprint density at radius 3 is 2.22 bits per heavy atom. The molecule has 3 saturated carbocycles. The first-order valence-corrected chi connectivity index (χ1v) is 14.5. The van der Waals surface area contributed by atoms with Crippen molar-refractivity contribution in [3.63, 3.8) is 0 Å². The lowest BCUT2D eigenvalue weighted by Crippen LogP contribution is -2.80. The molecule has 11 atom stereocenters. The van der Waals surface area contributed by atoms with Gasteiger partial charge in [0.15, 0.2) is 35.6 Å². The van der Waals surface area contributed by atoms with Crippen molar-refractivity contribution in [1.82, 2.24) is 0 Å². The number of phenols is 4. The summed E-state index contributed by atoms with van der Waals surface area (Å²) >= 11 is 0. The van der Waals surface area contributed by atoms with Crippen LogP contribution in [0.5, 0.6) is 23.0 Å². The Balaban J connectivity index is 1.11. The molecule has 16 nitrogen and oxygen atoms in total. The van der Waals surface area contributed by atoms with Crippen LogP contribution in [0.15, 0.2) is 36.4 Å². The van der Waals surface area contributed by atoms with Gasteiger partial charge in [0.2, 0.25) is 0 Å². The van der Waals surface area contributed by atoms with E-state index in [1.54, 1.807) is 6.92 Å². The van der Waals surface area contributed by atoms with E-state index in [0.717, 1.165) is 12.1 Å². The van der Waals surface area contributed by atoms with Crippen LogP contribution in [0.4, 0.5) is 0 Å². The maximum absolute atomic E-state index is 12.9. The smallest absolute Gasteiger partial charge is 0.338 e. The molecule has 4 heterocycles. The monoisotopic (exact) mass is 648 g/mol. The van der Waals surface area contributed by atoms with Gasteiger partial charge in [0.05, 0.1) is 16.5 Å². The van der Waals surface area contributed by atoms with Gasteiger partial charge < -0.3 is 69.3 Å². The standard InChI is InChI=1S/C30H32O16/c1-27-10-29(40)18-8-30(27,28(18,26(45-27)46-29)11-42-23(38)12-2-4-14(31)5-3-12)44-25-22(37)21(36)20(35)17(43-25)9-41-24(39)13-6-15(32)19(34)16(33)7-13/h2-7,17-18,20-22,25-26,31-37,40H,8-11H2,1H3. The number of aliphatic hydroxyl groups excluding tert-OH is 3. The molecule has 2 aromatic rings. The number of carbonyl (C=O) groups is 2. The van der Waals surface area contributed by atoms with Gasteiger partial charge in [-0.1, -0.05) is 0 Å². The normalized spacial score (nSPS) is 41.6. The summed E-state index contributed by atoms with van der Waals surface area (Å²) in [7, 11) is 0.